The second-order valence-corrected chi connectivity index (χ2v) is 1.95. The highest BCUT2D eigenvalue weighted by molar-refractivity contribution is 5.80. The van der Waals surface area contributed by atoms with Crippen molar-refractivity contribution in [1.29, 1.82) is 0 Å². The molecular weight excluding hydrogens is 134 g/mol. The number of nitrogens with two attached hydrogens (primary N) is 1. The van der Waals surface area contributed by atoms with Crippen molar-refractivity contribution in [1.82, 2.24) is 10.9 Å². The van der Waals surface area contributed by atoms with Crippen molar-refractivity contribution in [3.8, 4) is 0 Å². The number of hydrogen-bond donors (Lipinski definition) is 3. The maximum atomic E-state index is 10.3. The Hall–Kier alpha value is -1.10. The van der Waals surface area contributed by atoms with E-state index in [1.54, 1.807) is 6.92 Å². The molecule has 0 aromatic rings. The average Bonchev–Trinajstić information content (AvgIpc) is 1.82. The first-order valence-electron chi connectivity index (χ1n) is 2.85. The van der Waals surface area contributed by atoms with Crippen LogP contribution in [0.3, 0.4) is 0 Å². The SMILES string of the molecule is CC(=O)NNC(C)C(N)=O. The van der Waals surface area contributed by atoms with Crippen LogP contribution in [-0.2, 0) is 9.59 Å². The highest BCUT2D eigenvalue weighted by atomic mass is 16.2. The second-order valence-electron chi connectivity index (χ2n) is 1.95. The fourth-order valence-electron chi connectivity index (χ4n) is 0.281. The van der Waals surface area contributed by atoms with Gasteiger partial charge in [-0.2, -0.15) is 0 Å². The summed E-state index contributed by atoms with van der Waals surface area (Å²) in [6.45, 7) is 2.89. The summed E-state index contributed by atoms with van der Waals surface area (Å²) in [7, 11) is 0. The van der Waals surface area contributed by atoms with Crippen molar-refractivity contribution < 1.29 is 9.59 Å². The van der Waals surface area contributed by atoms with Gasteiger partial charge in [0.05, 0.1) is 0 Å². The van der Waals surface area contributed by atoms with Crippen molar-refractivity contribution in [2.75, 3.05) is 0 Å². The molecule has 0 radical (unpaired) electrons. The molecule has 4 N–H and O–H groups in total. The maximum absolute atomic E-state index is 10.3. The van der Waals surface area contributed by atoms with E-state index in [1.165, 1.54) is 6.92 Å². The number of nitrogens with one attached hydrogen (secondary N) is 2. The Kier molecular flexibility index (Phi) is 3.42. The Morgan fingerprint density at radius 3 is 2.30 bits per heavy atom. The lowest BCUT2D eigenvalue weighted by atomic mass is 10.3. The molecule has 5 heteroatoms. The zero-order valence-electron chi connectivity index (χ0n) is 5.97. The summed E-state index contributed by atoms with van der Waals surface area (Å²) in [4.78, 5) is 20.6. The van der Waals surface area contributed by atoms with Gasteiger partial charge in [-0.1, -0.05) is 0 Å². The maximum Gasteiger partial charge on any atom is 0.236 e. The minimum Gasteiger partial charge on any atom is -0.368 e. The Bertz CT molecular complexity index is 146. The van der Waals surface area contributed by atoms with Crippen molar-refractivity contribution in [2.45, 2.75) is 19.9 Å². The van der Waals surface area contributed by atoms with Gasteiger partial charge in [-0.05, 0) is 6.92 Å². The summed E-state index contributed by atoms with van der Waals surface area (Å²) < 4.78 is 0. The van der Waals surface area contributed by atoms with Gasteiger partial charge in [0.15, 0.2) is 0 Å². The van der Waals surface area contributed by atoms with Crippen LogP contribution in [0.1, 0.15) is 13.8 Å². The lowest BCUT2D eigenvalue weighted by Crippen LogP contribution is -2.48. The minimum absolute atomic E-state index is 0.256. The van der Waals surface area contributed by atoms with Gasteiger partial charge in [0, 0.05) is 6.92 Å². The van der Waals surface area contributed by atoms with E-state index >= 15 is 0 Å². The Balaban J connectivity index is 3.49. The van der Waals surface area contributed by atoms with E-state index in [-0.39, 0.29) is 5.91 Å². The van der Waals surface area contributed by atoms with Crippen molar-refractivity contribution in [3.63, 3.8) is 0 Å². The molecule has 0 spiro atoms. The molecule has 5 nitrogen and oxygen atoms in total. The fraction of sp³-hybridized carbons (Fsp3) is 0.600. The predicted octanol–water partition coefficient (Wildman–Crippen LogP) is -1.50. The molecule has 0 fully saturated rings. The van der Waals surface area contributed by atoms with E-state index in [0.29, 0.717) is 0 Å². The lowest BCUT2D eigenvalue weighted by molar-refractivity contribution is -0.122. The van der Waals surface area contributed by atoms with E-state index in [2.05, 4.69) is 10.9 Å². The molecule has 0 aromatic carbocycles. The molecule has 0 aliphatic rings. The lowest BCUT2D eigenvalue weighted by Gasteiger charge is -2.08. The summed E-state index contributed by atoms with van der Waals surface area (Å²) in [5.41, 5.74) is 9.51. The number of carbonyl (C=O) groups is 2. The summed E-state index contributed by atoms with van der Waals surface area (Å²) in [6, 6.07) is -0.538. The summed E-state index contributed by atoms with van der Waals surface area (Å²) in [6.07, 6.45) is 0. The van der Waals surface area contributed by atoms with Crippen LogP contribution in [0.2, 0.25) is 0 Å². The first-order valence-corrected chi connectivity index (χ1v) is 2.85. The van der Waals surface area contributed by atoms with Gasteiger partial charge >= 0.3 is 0 Å². The Labute approximate surface area is 58.9 Å². The molecule has 10 heavy (non-hydrogen) atoms. The third-order valence-electron chi connectivity index (χ3n) is 0.891. The van der Waals surface area contributed by atoms with E-state index in [1.807, 2.05) is 0 Å². The number of amides is 2. The van der Waals surface area contributed by atoms with Gasteiger partial charge in [0.2, 0.25) is 11.8 Å². The predicted molar refractivity (Wildman–Crippen MR) is 35.6 cm³/mol. The van der Waals surface area contributed by atoms with E-state index in [4.69, 9.17) is 5.73 Å². The quantitative estimate of drug-likeness (QED) is 0.422. The van der Waals surface area contributed by atoms with Gasteiger partial charge in [-0.15, -0.1) is 0 Å². The zero-order chi connectivity index (χ0) is 8.15. The smallest absolute Gasteiger partial charge is 0.236 e. The number of hydrogen-bond acceptors (Lipinski definition) is 3. The molecule has 1 unspecified atom stereocenters. The summed E-state index contributed by atoms with van der Waals surface area (Å²) in [5, 5.41) is 0. The van der Waals surface area contributed by atoms with E-state index in [9.17, 15) is 9.59 Å². The van der Waals surface area contributed by atoms with Crippen molar-refractivity contribution >= 4 is 11.8 Å². The van der Waals surface area contributed by atoms with Crippen molar-refractivity contribution in [3.05, 3.63) is 0 Å². The molecule has 0 aliphatic carbocycles. The van der Waals surface area contributed by atoms with Crippen LogP contribution in [0.5, 0.6) is 0 Å². The van der Waals surface area contributed by atoms with Crippen LogP contribution in [-0.4, -0.2) is 17.9 Å². The van der Waals surface area contributed by atoms with Crippen LogP contribution in [0.25, 0.3) is 0 Å². The van der Waals surface area contributed by atoms with Crippen LogP contribution in [0, 0.1) is 0 Å². The molecule has 1 atom stereocenters. The standard InChI is InChI=1S/C5H11N3O2/c1-3(5(6)10)7-8-4(2)9/h3,7H,1-2H3,(H2,6,10)(H,8,9). The van der Waals surface area contributed by atoms with Crippen LogP contribution >= 0.6 is 0 Å². The van der Waals surface area contributed by atoms with Gasteiger partial charge in [0.1, 0.15) is 6.04 Å². The second kappa shape index (κ2) is 3.84. The number of primary amides is 1. The highest BCUT2D eigenvalue weighted by Crippen LogP contribution is 1.73. The highest BCUT2D eigenvalue weighted by Gasteiger charge is 2.06. The largest absolute Gasteiger partial charge is 0.368 e. The van der Waals surface area contributed by atoms with Crippen LogP contribution < -0.4 is 16.6 Å². The third kappa shape index (κ3) is 3.85. The monoisotopic (exact) mass is 145 g/mol. The number of carbonyl (C=O) groups excluding carboxylic acids is 2. The zero-order valence-corrected chi connectivity index (χ0v) is 5.97. The van der Waals surface area contributed by atoms with E-state index in [0.717, 1.165) is 0 Å². The number of rotatable bonds is 3. The molecule has 0 saturated carbocycles. The fourth-order valence-corrected chi connectivity index (χ4v) is 0.281. The summed E-state index contributed by atoms with van der Waals surface area (Å²) in [5.74, 6) is -0.762. The molecule has 0 heterocycles. The van der Waals surface area contributed by atoms with Crippen LogP contribution in [0.4, 0.5) is 0 Å². The van der Waals surface area contributed by atoms with Gasteiger partial charge < -0.3 is 5.73 Å². The van der Waals surface area contributed by atoms with Gasteiger partial charge in [-0.25, -0.2) is 5.43 Å². The molecule has 2 amide bonds. The molecule has 58 valence electrons. The molecule has 0 bridgehead atoms. The number of hydrazine groups is 1. The molecule has 0 rings (SSSR count). The topological polar surface area (TPSA) is 84.2 Å². The van der Waals surface area contributed by atoms with Gasteiger partial charge in [0.25, 0.3) is 0 Å². The van der Waals surface area contributed by atoms with E-state index < -0.39 is 11.9 Å². The molecule has 0 aromatic heterocycles. The normalized spacial score (nSPS) is 12.2. The average molecular weight is 145 g/mol. The van der Waals surface area contributed by atoms with Crippen molar-refractivity contribution in [2.24, 2.45) is 5.73 Å². The molecule has 0 aliphatic heterocycles. The Morgan fingerprint density at radius 2 is 2.00 bits per heavy atom. The Morgan fingerprint density at radius 1 is 1.50 bits per heavy atom. The van der Waals surface area contributed by atoms with Gasteiger partial charge in [-0.3, -0.25) is 15.0 Å². The minimum atomic E-state index is -0.538. The molecule has 0 saturated heterocycles. The first-order chi connectivity index (χ1) is 4.54. The molecular formula is C5H11N3O2. The third-order valence-corrected chi connectivity index (χ3v) is 0.891. The van der Waals surface area contributed by atoms with Crippen LogP contribution in [0.15, 0.2) is 0 Å². The first kappa shape index (κ1) is 8.90. The summed E-state index contributed by atoms with van der Waals surface area (Å²) >= 11 is 0.